The van der Waals surface area contributed by atoms with Gasteiger partial charge in [0.1, 0.15) is 0 Å². The van der Waals surface area contributed by atoms with E-state index in [1.165, 1.54) is 6.07 Å². The third-order valence-corrected chi connectivity index (χ3v) is 2.21. The Balaban J connectivity index is 2.98. The molecule has 0 saturated carbocycles. The average Bonchev–Trinajstić information content (AvgIpc) is 2.07. The molecule has 1 aromatic carbocycles. The normalized spacial score (nSPS) is 10.4. The number of hydrogen-bond donors (Lipinski definition) is 1. The zero-order valence-electron chi connectivity index (χ0n) is 6.17. The van der Waals surface area contributed by atoms with Crippen LogP contribution in [0.15, 0.2) is 39.7 Å². The predicted octanol–water partition coefficient (Wildman–Crippen LogP) is 2.29. The molecular formula is C9H6BrNO. The van der Waals surface area contributed by atoms with Gasteiger partial charge in [0, 0.05) is 27.6 Å². The van der Waals surface area contributed by atoms with Gasteiger partial charge in [-0.25, -0.2) is 0 Å². The fraction of sp³-hybridized carbons (Fsp3) is 0. The van der Waals surface area contributed by atoms with Crippen molar-refractivity contribution in [2.45, 2.75) is 0 Å². The minimum Gasteiger partial charge on any atom is -0.361 e. The Bertz CT molecular complexity index is 475. The Morgan fingerprint density at radius 1 is 1.25 bits per heavy atom. The number of rotatable bonds is 0. The number of nitrogens with one attached hydrogen (secondary N) is 1. The molecule has 0 aliphatic rings. The first-order chi connectivity index (χ1) is 5.77. The van der Waals surface area contributed by atoms with Crippen LogP contribution in [-0.4, -0.2) is 4.98 Å². The van der Waals surface area contributed by atoms with Crippen LogP contribution < -0.4 is 5.43 Å². The second-order valence-electron chi connectivity index (χ2n) is 2.53. The molecule has 0 atom stereocenters. The van der Waals surface area contributed by atoms with Gasteiger partial charge in [0.05, 0.1) is 0 Å². The smallest absolute Gasteiger partial charge is 0.189 e. The van der Waals surface area contributed by atoms with Crippen molar-refractivity contribution in [1.29, 1.82) is 0 Å². The van der Waals surface area contributed by atoms with Gasteiger partial charge < -0.3 is 4.98 Å². The molecule has 60 valence electrons. The number of halogens is 1. The molecule has 2 aromatic rings. The van der Waals surface area contributed by atoms with E-state index in [0.29, 0.717) is 5.39 Å². The van der Waals surface area contributed by atoms with Gasteiger partial charge in [0.15, 0.2) is 5.43 Å². The summed E-state index contributed by atoms with van der Waals surface area (Å²) in [5.41, 5.74) is 0.913. The molecule has 0 spiro atoms. The summed E-state index contributed by atoms with van der Waals surface area (Å²) in [6, 6.07) is 7.11. The molecule has 0 amide bonds. The highest BCUT2D eigenvalue weighted by Gasteiger charge is 1.96. The molecule has 12 heavy (non-hydrogen) atoms. The molecule has 0 fully saturated rings. The molecule has 1 aromatic heterocycles. The van der Waals surface area contributed by atoms with Crippen LogP contribution >= 0.6 is 15.9 Å². The highest BCUT2D eigenvalue weighted by molar-refractivity contribution is 9.10. The summed E-state index contributed by atoms with van der Waals surface area (Å²) in [7, 11) is 0. The van der Waals surface area contributed by atoms with E-state index in [1.54, 1.807) is 6.20 Å². The molecular weight excluding hydrogens is 218 g/mol. The average molecular weight is 224 g/mol. The van der Waals surface area contributed by atoms with Crippen molar-refractivity contribution >= 4 is 26.8 Å². The fourth-order valence-electron chi connectivity index (χ4n) is 1.14. The SMILES string of the molecule is O=c1cc[nH]c2ccc(Br)cc12. The predicted molar refractivity (Wildman–Crippen MR) is 52.3 cm³/mol. The Kier molecular flexibility index (Phi) is 1.73. The summed E-state index contributed by atoms with van der Waals surface area (Å²) < 4.78 is 0.923. The summed E-state index contributed by atoms with van der Waals surface area (Å²) in [6.45, 7) is 0. The zero-order valence-corrected chi connectivity index (χ0v) is 7.76. The van der Waals surface area contributed by atoms with Crippen molar-refractivity contribution in [2.75, 3.05) is 0 Å². The van der Waals surface area contributed by atoms with Crippen LogP contribution in [0.25, 0.3) is 10.9 Å². The summed E-state index contributed by atoms with van der Waals surface area (Å²) in [6.07, 6.45) is 1.65. The molecule has 2 rings (SSSR count). The van der Waals surface area contributed by atoms with Crippen molar-refractivity contribution in [3.63, 3.8) is 0 Å². The van der Waals surface area contributed by atoms with E-state index in [-0.39, 0.29) is 5.43 Å². The van der Waals surface area contributed by atoms with Crippen LogP contribution in [0.5, 0.6) is 0 Å². The van der Waals surface area contributed by atoms with Crippen molar-refractivity contribution < 1.29 is 0 Å². The van der Waals surface area contributed by atoms with Crippen LogP contribution in [0.4, 0.5) is 0 Å². The lowest BCUT2D eigenvalue weighted by Crippen LogP contribution is -1.99. The standard InChI is InChI=1S/C9H6BrNO/c10-6-1-2-8-7(5-6)9(12)3-4-11-8/h1-5H,(H,11,12). The fourth-order valence-corrected chi connectivity index (χ4v) is 1.50. The molecule has 3 heteroatoms. The van der Waals surface area contributed by atoms with E-state index in [4.69, 9.17) is 0 Å². The van der Waals surface area contributed by atoms with E-state index < -0.39 is 0 Å². The van der Waals surface area contributed by atoms with Gasteiger partial charge >= 0.3 is 0 Å². The zero-order chi connectivity index (χ0) is 8.55. The van der Waals surface area contributed by atoms with Crippen molar-refractivity contribution in [2.24, 2.45) is 0 Å². The third kappa shape index (κ3) is 1.16. The summed E-state index contributed by atoms with van der Waals surface area (Å²) >= 11 is 3.31. The number of H-pyrrole nitrogens is 1. The Morgan fingerprint density at radius 2 is 2.08 bits per heavy atom. The summed E-state index contributed by atoms with van der Waals surface area (Å²) in [4.78, 5) is 14.3. The lowest BCUT2D eigenvalue weighted by molar-refractivity contribution is 1.39. The van der Waals surface area contributed by atoms with Crippen LogP contribution in [0, 0.1) is 0 Å². The molecule has 0 radical (unpaired) electrons. The van der Waals surface area contributed by atoms with Crippen LogP contribution in [0.1, 0.15) is 0 Å². The molecule has 0 aliphatic carbocycles. The summed E-state index contributed by atoms with van der Waals surface area (Å²) in [5, 5.41) is 0.715. The summed E-state index contributed by atoms with van der Waals surface area (Å²) in [5.74, 6) is 0. The van der Waals surface area contributed by atoms with E-state index >= 15 is 0 Å². The molecule has 0 unspecified atom stereocenters. The van der Waals surface area contributed by atoms with Gasteiger partial charge in [0.25, 0.3) is 0 Å². The van der Waals surface area contributed by atoms with Crippen molar-refractivity contribution in [1.82, 2.24) is 4.98 Å². The van der Waals surface area contributed by atoms with Gasteiger partial charge in [-0.3, -0.25) is 4.79 Å². The largest absolute Gasteiger partial charge is 0.361 e. The van der Waals surface area contributed by atoms with Gasteiger partial charge in [-0.05, 0) is 18.2 Å². The van der Waals surface area contributed by atoms with Crippen molar-refractivity contribution in [3.8, 4) is 0 Å². The maximum Gasteiger partial charge on any atom is 0.189 e. The Morgan fingerprint density at radius 3 is 2.92 bits per heavy atom. The minimum atomic E-state index is 0.0463. The van der Waals surface area contributed by atoms with Crippen molar-refractivity contribution in [3.05, 3.63) is 45.2 Å². The molecule has 0 saturated heterocycles. The maximum atomic E-state index is 11.3. The first-order valence-electron chi connectivity index (χ1n) is 3.54. The quantitative estimate of drug-likeness (QED) is 0.731. The molecule has 2 nitrogen and oxygen atoms in total. The van der Waals surface area contributed by atoms with Crippen LogP contribution in [0.3, 0.4) is 0 Å². The van der Waals surface area contributed by atoms with E-state index in [9.17, 15) is 4.79 Å². The number of pyridine rings is 1. The highest BCUT2D eigenvalue weighted by Crippen LogP contribution is 2.14. The van der Waals surface area contributed by atoms with E-state index in [2.05, 4.69) is 20.9 Å². The van der Waals surface area contributed by atoms with Crippen LogP contribution in [-0.2, 0) is 0 Å². The number of hydrogen-bond acceptors (Lipinski definition) is 1. The molecule has 1 N–H and O–H groups in total. The van der Waals surface area contributed by atoms with Gasteiger partial charge in [-0.1, -0.05) is 15.9 Å². The minimum absolute atomic E-state index is 0.0463. The monoisotopic (exact) mass is 223 g/mol. The van der Waals surface area contributed by atoms with Gasteiger partial charge in [0.2, 0.25) is 0 Å². The van der Waals surface area contributed by atoms with E-state index in [1.807, 2.05) is 18.2 Å². The van der Waals surface area contributed by atoms with Crippen LogP contribution in [0.2, 0.25) is 0 Å². The maximum absolute atomic E-state index is 11.3. The van der Waals surface area contributed by atoms with E-state index in [0.717, 1.165) is 9.99 Å². The molecule has 0 aliphatic heterocycles. The number of aromatic nitrogens is 1. The first kappa shape index (κ1) is 7.55. The molecule has 1 heterocycles. The highest BCUT2D eigenvalue weighted by atomic mass is 79.9. The second-order valence-corrected chi connectivity index (χ2v) is 3.45. The number of fused-ring (bicyclic) bond motifs is 1. The lowest BCUT2D eigenvalue weighted by atomic mass is 10.2. The Labute approximate surface area is 77.4 Å². The topological polar surface area (TPSA) is 32.9 Å². The van der Waals surface area contributed by atoms with Gasteiger partial charge in [-0.15, -0.1) is 0 Å². The molecule has 0 bridgehead atoms. The first-order valence-corrected chi connectivity index (χ1v) is 4.33. The Hall–Kier alpha value is -1.09. The lowest BCUT2D eigenvalue weighted by Gasteiger charge is -1.95. The third-order valence-electron chi connectivity index (χ3n) is 1.72. The number of benzene rings is 1. The number of aromatic amines is 1. The van der Waals surface area contributed by atoms with Gasteiger partial charge in [-0.2, -0.15) is 0 Å². The second kappa shape index (κ2) is 2.75.